The molecule has 2 atom stereocenters. The summed E-state index contributed by atoms with van der Waals surface area (Å²) in [6.07, 6.45) is 4.41. The molecule has 2 fully saturated rings. The van der Waals surface area contributed by atoms with E-state index in [0.29, 0.717) is 17.0 Å². The Kier molecular flexibility index (Phi) is 6.32. The van der Waals surface area contributed by atoms with E-state index < -0.39 is 16.1 Å². The maximum absolute atomic E-state index is 12.7. The Morgan fingerprint density at radius 2 is 1.97 bits per heavy atom. The van der Waals surface area contributed by atoms with Crippen molar-refractivity contribution in [1.29, 1.82) is 0 Å². The number of nitrogens with two attached hydrogens (primary N) is 1. The van der Waals surface area contributed by atoms with Gasteiger partial charge in [-0.1, -0.05) is 20.8 Å². The van der Waals surface area contributed by atoms with Crippen molar-refractivity contribution in [3.05, 3.63) is 29.5 Å². The second kappa shape index (κ2) is 8.81. The number of nitrogens with zero attached hydrogens (tertiary/aromatic N) is 2. The number of carbonyl (C=O) groups is 2. The van der Waals surface area contributed by atoms with Crippen LogP contribution in [0.3, 0.4) is 0 Å². The molecule has 1 aliphatic carbocycles. The van der Waals surface area contributed by atoms with E-state index in [0.717, 1.165) is 35.8 Å². The third-order valence-corrected chi connectivity index (χ3v) is 7.70. The highest BCUT2D eigenvalue weighted by Crippen LogP contribution is 2.45. The normalized spacial score (nSPS) is 21.7. The van der Waals surface area contributed by atoms with Crippen molar-refractivity contribution in [2.45, 2.75) is 57.8 Å². The Morgan fingerprint density at radius 3 is 2.59 bits per heavy atom. The summed E-state index contributed by atoms with van der Waals surface area (Å²) < 4.78 is 29.0. The number of rotatable bonds is 5. The molecular weight excluding hydrogens is 456 g/mol. The number of carbonyl (C=O) groups excluding carboxylic acids is 2. The van der Waals surface area contributed by atoms with Crippen molar-refractivity contribution >= 4 is 38.6 Å². The Balaban J connectivity index is 1.82. The zero-order valence-corrected chi connectivity index (χ0v) is 20.9. The Hall–Kier alpha value is -2.72. The number of benzene rings is 1. The third-order valence-electron chi connectivity index (χ3n) is 6.76. The minimum atomic E-state index is -3.51. The van der Waals surface area contributed by atoms with Gasteiger partial charge in [0.1, 0.15) is 5.75 Å². The minimum absolute atomic E-state index is 0.00502. The van der Waals surface area contributed by atoms with E-state index in [4.69, 9.17) is 14.9 Å². The summed E-state index contributed by atoms with van der Waals surface area (Å²) in [5.74, 6) is 0.609. The fourth-order valence-electron chi connectivity index (χ4n) is 5.13. The van der Waals surface area contributed by atoms with Gasteiger partial charge in [-0.25, -0.2) is 18.4 Å². The summed E-state index contributed by atoms with van der Waals surface area (Å²) in [6.45, 7) is 6.50. The number of pyridine rings is 1. The van der Waals surface area contributed by atoms with Gasteiger partial charge in [0.05, 0.1) is 24.1 Å². The smallest absolute Gasteiger partial charge is 0.328 e. The lowest BCUT2D eigenvalue weighted by Crippen LogP contribution is -2.49. The minimum Gasteiger partial charge on any atom is -0.496 e. The van der Waals surface area contributed by atoms with Crippen LogP contribution >= 0.6 is 0 Å². The monoisotopic (exact) mass is 488 g/mol. The Labute approximate surface area is 200 Å². The Bertz CT molecular complexity index is 1250. The molecule has 34 heavy (non-hydrogen) atoms. The summed E-state index contributed by atoms with van der Waals surface area (Å²) in [5, 5.41) is 8.44. The molecule has 0 spiro atoms. The molecule has 184 valence electrons. The highest BCUT2D eigenvalue weighted by atomic mass is 32.2. The number of primary sulfonamides is 1. The largest absolute Gasteiger partial charge is 0.496 e. The molecule has 4 rings (SSSR count). The average Bonchev–Trinajstić information content (AvgIpc) is 3.18. The number of ether oxygens (including phenoxy) is 1. The van der Waals surface area contributed by atoms with Crippen molar-refractivity contribution in [3.8, 4) is 5.75 Å². The van der Waals surface area contributed by atoms with Crippen LogP contribution in [-0.4, -0.2) is 44.7 Å². The van der Waals surface area contributed by atoms with Crippen LogP contribution in [0.25, 0.3) is 10.9 Å². The van der Waals surface area contributed by atoms with Crippen LogP contribution in [0.15, 0.2) is 18.3 Å². The first-order chi connectivity index (χ1) is 15.9. The second-order valence-corrected chi connectivity index (χ2v) is 12.0. The average molecular weight is 489 g/mol. The number of nitrogens with one attached hydrogen (secondary N) is 1. The highest BCUT2D eigenvalue weighted by Gasteiger charge is 2.32. The van der Waals surface area contributed by atoms with Gasteiger partial charge in [0.25, 0.3) is 0 Å². The lowest BCUT2D eigenvalue weighted by molar-refractivity contribution is -0.120. The summed E-state index contributed by atoms with van der Waals surface area (Å²) in [7, 11) is -1.89. The molecule has 1 aliphatic heterocycles. The summed E-state index contributed by atoms with van der Waals surface area (Å²) in [4.78, 5) is 30.7. The van der Waals surface area contributed by atoms with Gasteiger partial charge in [-0.05, 0) is 54.2 Å². The third kappa shape index (κ3) is 4.88. The van der Waals surface area contributed by atoms with Gasteiger partial charge < -0.3 is 4.74 Å². The summed E-state index contributed by atoms with van der Waals surface area (Å²) in [6, 6.07) is 3.52. The number of aromatic nitrogens is 1. The van der Waals surface area contributed by atoms with E-state index in [1.54, 1.807) is 18.2 Å². The zero-order valence-electron chi connectivity index (χ0n) is 20.1. The zero-order chi connectivity index (χ0) is 24.8. The number of sulfonamides is 1. The SMILES string of the molecule is COc1c(C(C)(C)C)cc(N2CCC(=O)NC2=O)c2ncc(C3CC[C@H](CS(N)(=O)=O)C3)cc12. The Morgan fingerprint density at radius 1 is 1.24 bits per heavy atom. The number of imide groups is 1. The number of hydrogen-bond donors (Lipinski definition) is 2. The molecule has 3 amide bonds. The van der Waals surface area contributed by atoms with Gasteiger partial charge in [-0.15, -0.1) is 0 Å². The quantitative estimate of drug-likeness (QED) is 0.664. The topological polar surface area (TPSA) is 132 Å². The molecule has 1 saturated carbocycles. The van der Waals surface area contributed by atoms with Gasteiger partial charge in [-0.3, -0.25) is 20.0 Å². The van der Waals surface area contributed by atoms with Gasteiger partial charge in [0.15, 0.2) is 0 Å². The van der Waals surface area contributed by atoms with E-state index >= 15 is 0 Å². The van der Waals surface area contributed by atoms with Crippen LogP contribution in [0.4, 0.5) is 10.5 Å². The lowest BCUT2D eigenvalue weighted by atomic mass is 9.84. The molecule has 2 aromatic rings. The van der Waals surface area contributed by atoms with E-state index in [9.17, 15) is 18.0 Å². The molecule has 2 heterocycles. The van der Waals surface area contributed by atoms with E-state index in [1.807, 2.05) is 6.07 Å². The molecule has 0 radical (unpaired) electrons. The standard InChI is InChI=1S/C24H32N4O5S/c1-24(2,3)18-11-19(28-8-7-20(29)27-23(28)30)21-17(22(18)33-4)10-16(12-26-21)15-6-5-14(9-15)13-34(25,31)32/h10-12,14-15H,5-9,13H2,1-4H3,(H2,25,31,32)(H,27,29,30)/t14-,15?/m0/s1. The van der Waals surface area contributed by atoms with Crippen molar-refractivity contribution in [2.75, 3.05) is 24.3 Å². The van der Waals surface area contributed by atoms with Crippen LogP contribution in [0, 0.1) is 5.92 Å². The maximum atomic E-state index is 12.7. The van der Waals surface area contributed by atoms with Crippen LogP contribution < -0.4 is 20.1 Å². The molecule has 1 aromatic heterocycles. The first-order valence-electron chi connectivity index (χ1n) is 11.5. The van der Waals surface area contributed by atoms with Crippen LogP contribution in [0.2, 0.25) is 0 Å². The van der Waals surface area contributed by atoms with Crippen molar-refractivity contribution in [1.82, 2.24) is 10.3 Å². The molecule has 3 N–H and O–H groups in total. The van der Waals surface area contributed by atoms with Crippen LogP contribution in [0.5, 0.6) is 5.75 Å². The van der Waals surface area contributed by atoms with Gasteiger partial charge in [0, 0.05) is 30.1 Å². The van der Waals surface area contributed by atoms with Gasteiger partial charge in [-0.2, -0.15) is 0 Å². The summed E-state index contributed by atoms with van der Waals surface area (Å²) in [5.41, 5.74) is 2.92. The summed E-state index contributed by atoms with van der Waals surface area (Å²) >= 11 is 0. The molecule has 0 bridgehead atoms. The molecule has 1 saturated heterocycles. The second-order valence-electron chi connectivity index (χ2n) is 10.4. The van der Waals surface area contributed by atoms with Crippen molar-refractivity contribution in [2.24, 2.45) is 11.1 Å². The van der Waals surface area contributed by atoms with Crippen LogP contribution in [-0.2, 0) is 20.2 Å². The number of anilines is 1. The fourth-order valence-corrected chi connectivity index (χ4v) is 6.09. The van der Waals surface area contributed by atoms with Gasteiger partial charge >= 0.3 is 6.03 Å². The molecule has 10 heteroatoms. The predicted molar refractivity (Wildman–Crippen MR) is 131 cm³/mol. The number of methoxy groups -OCH3 is 1. The predicted octanol–water partition coefficient (Wildman–Crippen LogP) is 3.16. The van der Waals surface area contributed by atoms with E-state index in [2.05, 4.69) is 32.2 Å². The number of amides is 3. The van der Waals surface area contributed by atoms with E-state index in [1.165, 1.54) is 0 Å². The van der Waals surface area contributed by atoms with Gasteiger partial charge in [0.2, 0.25) is 15.9 Å². The van der Waals surface area contributed by atoms with Crippen LogP contribution in [0.1, 0.15) is 63.5 Å². The molecule has 2 aliphatic rings. The molecular formula is C24H32N4O5S. The molecule has 9 nitrogen and oxygen atoms in total. The van der Waals surface area contributed by atoms with Crippen molar-refractivity contribution < 1.29 is 22.7 Å². The number of fused-ring (bicyclic) bond motifs is 1. The molecule has 1 unspecified atom stereocenters. The lowest BCUT2D eigenvalue weighted by Gasteiger charge is -2.31. The molecule has 1 aromatic carbocycles. The number of urea groups is 1. The first-order valence-corrected chi connectivity index (χ1v) is 13.2. The van der Waals surface area contributed by atoms with E-state index in [-0.39, 0.29) is 41.9 Å². The number of hydrogen-bond acceptors (Lipinski definition) is 6. The highest BCUT2D eigenvalue weighted by molar-refractivity contribution is 7.89. The first kappa shape index (κ1) is 24.4. The fraction of sp³-hybridized carbons (Fsp3) is 0.542. The van der Waals surface area contributed by atoms with Crippen molar-refractivity contribution in [3.63, 3.8) is 0 Å². The maximum Gasteiger partial charge on any atom is 0.328 e.